The third kappa shape index (κ3) is 4.27. The van der Waals surface area contributed by atoms with Crippen LogP contribution in [0.2, 0.25) is 5.02 Å². The second kappa shape index (κ2) is 8.17. The lowest BCUT2D eigenvalue weighted by Gasteiger charge is -2.09. The second-order valence-electron chi connectivity index (χ2n) is 4.91. The van der Waals surface area contributed by atoms with Crippen LogP contribution < -0.4 is 14.9 Å². The molecule has 7 heteroatoms. The molecule has 0 saturated heterocycles. The molecule has 2 rings (SSSR count). The van der Waals surface area contributed by atoms with E-state index in [2.05, 4.69) is 26.5 Å². The Hall–Kier alpha value is -2.05. The lowest BCUT2D eigenvalue weighted by molar-refractivity contribution is 0.0955. The zero-order valence-electron chi connectivity index (χ0n) is 13.4. The van der Waals surface area contributed by atoms with Crippen LogP contribution in [0.1, 0.15) is 21.5 Å². The summed E-state index contributed by atoms with van der Waals surface area (Å²) in [6, 6.07) is 8.71. The predicted octanol–water partition coefficient (Wildman–Crippen LogP) is 4.19. The Kier molecular flexibility index (Phi) is 6.23. The molecule has 0 aromatic heterocycles. The topological polar surface area (TPSA) is 59.9 Å². The first-order valence-corrected chi connectivity index (χ1v) is 8.14. The van der Waals surface area contributed by atoms with Gasteiger partial charge in [0.05, 0.1) is 31.0 Å². The van der Waals surface area contributed by atoms with Gasteiger partial charge in [-0.2, -0.15) is 5.10 Å². The van der Waals surface area contributed by atoms with Crippen molar-refractivity contribution < 1.29 is 14.3 Å². The summed E-state index contributed by atoms with van der Waals surface area (Å²) < 4.78 is 11.2. The molecule has 0 saturated carbocycles. The molecule has 0 aliphatic rings. The number of ether oxygens (including phenoxy) is 2. The van der Waals surface area contributed by atoms with Crippen molar-refractivity contribution in [2.45, 2.75) is 6.92 Å². The number of rotatable bonds is 5. The fraction of sp³-hybridized carbons (Fsp3) is 0.176. The van der Waals surface area contributed by atoms with Gasteiger partial charge < -0.3 is 9.47 Å². The molecule has 0 bridgehead atoms. The molecule has 2 aromatic carbocycles. The zero-order valence-corrected chi connectivity index (χ0v) is 15.7. The Morgan fingerprint density at radius 1 is 1.21 bits per heavy atom. The van der Waals surface area contributed by atoms with Gasteiger partial charge in [-0.05, 0) is 52.7 Å². The summed E-state index contributed by atoms with van der Waals surface area (Å²) in [4.78, 5) is 12.1. The molecule has 0 radical (unpaired) electrons. The average Bonchev–Trinajstić information content (AvgIpc) is 2.55. The van der Waals surface area contributed by atoms with E-state index < -0.39 is 0 Å². The summed E-state index contributed by atoms with van der Waals surface area (Å²) in [5, 5.41) is 4.35. The van der Waals surface area contributed by atoms with Crippen LogP contribution in [0.5, 0.6) is 11.5 Å². The Labute approximate surface area is 153 Å². The number of benzene rings is 2. The van der Waals surface area contributed by atoms with Gasteiger partial charge >= 0.3 is 0 Å². The van der Waals surface area contributed by atoms with Gasteiger partial charge in [0.2, 0.25) is 0 Å². The van der Waals surface area contributed by atoms with E-state index in [-0.39, 0.29) is 5.91 Å². The first-order chi connectivity index (χ1) is 11.5. The van der Waals surface area contributed by atoms with E-state index in [0.717, 1.165) is 15.6 Å². The molecule has 24 heavy (non-hydrogen) atoms. The number of nitrogens with one attached hydrogen (secondary N) is 1. The molecule has 0 aliphatic heterocycles. The Bertz CT molecular complexity index is 794. The zero-order chi connectivity index (χ0) is 17.7. The van der Waals surface area contributed by atoms with E-state index in [0.29, 0.717) is 22.1 Å². The Morgan fingerprint density at radius 3 is 2.50 bits per heavy atom. The van der Waals surface area contributed by atoms with Gasteiger partial charge in [-0.15, -0.1) is 0 Å². The smallest absolute Gasteiger partial charge is 0.272 e. The summed E-state index contributed by atoms with van der Waals surface area (Å²) >= 11 is 9.49. The quantitative estimate of drug-likeness (QED) is 0.593. The number of hydrogen-bond donors (Lipinski definition) is 1. The number of amides is 1. The Morgan fingerprint density at radius 2 is 1.88 bits per heavy atom. The lowest BCUT2D eigenvalue weighted by Crippen LogP contribution is -2.18. The molecule has 5 nitrogen and oxygen atoms in total. The number of carbonyl (C=O) groups excluding carboxylic acids is 1. The highest BCUT2D eigenvalue weighted by molar-refractivity contribution is 9.10. The van der Waals surface area contributed by atoms with Crippen LogP contribution in [0.25, 0.3) is 0 Å². The highest BCUT2D eigenvalue weighted by Crippen LogP contribution is 2.32. The van der Waals surface area contributed by atoms with Gasteiger partial charge in [-0.3, -0.25) is 4.79 Å². The molecule has 0 fully saturated rings. The molecular weight excluding hydrogens is 396 g/mol. The predicted molar refractivity (Wildman–Crippen MR) is 98.5 cm³/mol. The fourth-order valence-electron chi connectivity index (χ4n) is 1.99. The van der Waals surface area contributed by atoms with E-state index in [1.165, 1.54) is 6.21 Å². The highest BCUT2D eigenvalue weighted by atomic mass is 79.9. The monoisotopic (exact) mass is 410 g/mol. The molecule has 0 atom stereocenters. The lowest BCUT2D eigenvalue weighted by atomic mass is 10.1. The third-order valence-corrected chi connectivity index (χ3v) is 4.24. The molecule has 1 amide bonds. The van der Waals surface area contributed by atoms with Gasteiger partial charge in [0.15, 0.2) is 11.5 Å². The maximum absolute atomic E-state index is 12.1. The minimum Gasteiger partial charge on any atom is -0.493 e. The standard InChI is InChI=1S/C17H16BrClN2O3/c1-10-4-5-12(14(19)6-10)17(22)21-20-9-11-7-15(23-2)16(24-3)8-13(11)18/h4-9H,1-3H3,(H,21,22)/b20-9-. The number of hydrogen-bond acceptors (Lipinski definition) is 4. The number of hydrazone groups is 1. The molecule has 0 unspecified atom stereocenters. The summed E-state index contributed by atoms with van der Waals surface area (Å²) in [5.41, 5.74) is 4.53. The van der Waals surface area contributed by atoms with Crippen LogP contribution in [0, 0.1) is 6.92 Å². The van der Waals surface area contributed by atoms with Gasteiger partial charge in [0.1, 0.15) is 0 Å². The second-order valence-corrected chi connectivity index (χ2v) is 6.17. The van der Waals surface area contributed by atoms with Crippen LogP contribution >= 0.6 is 27.5 Å². The molecule has 2 aromatic rings. The average molecular weight is 412 g/mol. The van der Waals surface area contributed by atoms with E-state index in [1.54, 1.807) is 38.5 Å². The van der Waals surface area contributed by atoms with Crippen molar-refractivity contribution in [3.63, 3.8) is 0 Å². The van der Waals surface area contributed by atoms with Gasteiger partial charge in [0, 0.05) is 10.0 Å². The molecule has 0 heterocycles. The van der Waals surface area contributed by atoms with Crippen molar-refractivity contribution in [3.8, 4) is 11.5 Å². The number of halogens is 2. The number of carbonyl (C=O) groups is 1. The SMILES string of the molecule is COc1cc(Br)c(/C=N\NC(=O)c2ccc(C)cc2Cl)cc1OC. The van der Waals surface area contributed by atoms with E-state index >= 15 is 0 Å². The number of aryl methyl sites for hydroxylation is 1. The summed E-state index contributed by atoms with van der Waals surface area (Å²) in [7, 11) is 3.11. The van der Waals surface area contributed by atoms with Gasteiger partial charge in [-0.25, -0.2) is 5.43 Å². The normalized spacial score (nSPS) is 10.7. The molecular formula is C17H16BrClN2O3. The van der Waals surface area contributed by atoms with Gasteiger partial charge in [-0.1, -0.05) is 17.7 Å². The van der Waals surface area contributed by atoms with Crippen molar-refractivity contribution >= 4 is 39.7 Å². The van der Waals surface area contributed by atoms with Crippen molar-refractivity contribution in [2.24, 2.45) is 5.10 Å². The minimum atomic E-state index is -0.382. The van der Waals surface area contributed by atoms with Crippen LogP contribution in [0.3, 0.4) is 0 Å². The van der Waals surface area contributed by atoms with Gasteiger partial charge in [0.25, 0.3) is 5.91 Å². The van der Waals surface area contributed by atoms with Crippen molar-refractivity contribution in [1.29, 1.82) is 0 Å². The van der Waals surface area contributed by atoms with Crippen molar-refractivity contribution in [2.75, 3.05) is 14.2 Å². The van der Waals surface area contributed by atoms with E-state index in [4.69, 9.17) is 21.1 Å². The van der Waals surface area contributed by atoms with Crippen LogP contribution in [-0.4, -0.2) is 26.3 Å². The molecule has 0 spiro atoms. The van der Waals surface area contributed by atoms with Crippen molar-refractivity contribution in [3.05, 3.63) is 56.5 Å². The largest absolute Gasteiger partial charge is 0.493 e. The summed E-state index contributed by atoms with van der Waals surface area (Å²) in [6.07, 6.45) is 1.51. The maximum atomic E-state index is 12.1. The maximum Gasteiger partial charge on any atom is 0.272 e. The first-order valence-electron chi connectivity index (χ1n) is 6.97. The molecule has 126 valence electrons. The van der Waals surface area contributed by atoms with E-state index in [9.17, 15) is 4.79 Å². The minimum absolute atomic E-state index is 0.366. The fourth-order valence-corrected chi connectivity index (χ4v) is 2.74. The first kappa shape index (κ1) is 18.3. The van der Waals surface area contributed by atoms with E-state index in [1.807, 2.05) is 13.0 Å². The highest BCUT2D eigenvalue weighted by Gasteiger charge is 2.10. The molecule has 0 aliphatic carbocycles. The van der Waals surface area contributed by atoms with Crippen LogP contribution in [0.15, 0.2) is 39.9 Å². The summed E-state index contributed by atoms with van der Waals surface area (Å²) in [5.74, 6) is 0.778. The van der Waals surface area contributed by atoms with Crippen molar-refractivity contribution in [1.82, 2.24) is 5.43 Å². The Balaban J connectivity index is 2.15. The number of nitrogens with zero attached hydrogens (tertiary/aromatic N) is 1. The summed E-state index contributed by atoms with van der Waals surface area (Å²) in [6.45, 7) is 1.90. The molecule has 1 N–H and O–H groups in total. The third-order valence-electron chi connectivity index (χ3n) is 3.24. The van der Waals surface area contributed by atoms with Crippen LogP contribution in [0.4, 0.5) is 0 Å². The number of methoxy groups -OCH3 is 2. The van der Waals surface area contributed by atoms with Crippen LogP contribution in [-0.2, 0) is 0 Å².